The van der Waals surface area contributed by atoms with Gasteiger partial charge >= 0.3 is 0 Å². The summed E-state index contributed by atoms with van der Waals surface area (Å²) >= 11 is 3.39. The molecule has 1 aromatic carbocycles. The van der Waals surface area contributed by atoms with Crippen molar-refractivity contribution in [3.8, 4) is 11.5 Å². The van der Waals surface area contributed by atoms with Gasteiger partial charge in [-0.1, -0.05) is 0 Å². The molecule has 0 spiro atoms. The van der Waals surface area contributed by atoms with Crippen molar-refractivity contribution in [2.24, 2.45) is 0 Å². The van der Waals surface area contributed by atoms with Gasteiger partial charge in [-0.05, 0) is 66.9 Å². The number of nitrogens with zero attached hydrogens (tertiary/aromatic N) is 1. The summed E-state index contributed by atoms with van der Waals surface area (Å²) in [5.74, 6) is 0.678. The highest BCUT2D eigenvalue weighted by atomic mass is 79.9. The van der Waals surface area contributed by atoms with Crippen LogP contribution >= 0.6 is 15.9 Å². The molecule has 0 aliphatic carbocycles. The number of methoxy groups -OCH3 is 1. The number of hydrogen-bond donors (Lipinski definition) is 2. The predicted octanol–water partition coefficient (Wildman–Crippen LogP) is 3.13. The maximum atomic E-state index is 9.90. The van der Waals surface area contributed by atoms with E-state index in [1.165, 1.54) is 12.8 Å². The number of rotatable bonds is 6. The number of phenols is 1. The molecule has 4 nitrogen and oxygen atoms in total. The van der Waals surface area contributed by atoms with Gasteiger partial charge in [-0.25, -0.2) is 0 Å². The number of phenolic OH excluding ortho intramolecular Hbond substituents is 1. The number of halogens is 1. The highest BCUT2D eigenvalue weighted by Gasteiger charge is 2.20. The molecule has 0 amide bonds. The van der Waals surface area contributed by atoms with Crippen molar-refractivity contribution in [1.29, 1.82) is 0 Å². The molecule has 5 heteroatoms. The standard InChI is InChI=1S/C16H25BrN2O2/c1-11(2)19(10-13-5-4-6-18-13)9-12-7-14(17)16(20)15(8-12)21-3/h7-8,11,13,18,20H,4-6,9-10H2,1-3H3. The van der Waals surface area contributed by atoms with Gasteiger partial charge in [-0.3, -0.25) is 4.90 Å². The van der Waals surface area contributed by atoms with E-state index < -0.39 is 0 Å². The van der Waals surface area contributed by atoms with Crippen molar-refractivity contribution in [2.75, 3.05) is 20.2 Å². The van der Waals surface area contributed by atoms with Crippen LogP contribution in [0.5, 0.6) is 11.5 Å². The molecule has 21 heavy (non-hydrogen) atoms. The summed E-state index contributed by atoms with van der Waals surface area (Å²) < 4.78 is 5.91. The first-order valence-corrected chi connectivity index (χ1v) is 8.33. The van der Waals surface area contributed by atoms with Gasteiger partial charge in [0.2, 0.25) is 0 Å². The Kier molecular flexibility index (Phi) is 5.90. The van der Waals surface area contributed by atoms with E-state index in [0.717, 1.165) is 25.2 Å². The number of nitrogens with one attached hydrogen (secondary N) is 1. The van der Waals surface area contributed by atoms with E-state index in [-0.39, 0.29) is 5.75 Å². The molecule has 118 valence electrons. The minimum Gasteiger partial charge on any atom is -0.503 e. The third-order valence-electron chi connectivity index (χ3n) is 4.04. The average Bonchev–Trinajstić information content (AvgIpc) is 2.94. The summed E-state index contributed by atoms with van der Waals surface area (Å²) in [6.07, 6.45) is 2.53. The molecule has 1 atom stereocenters. The minimum absolute atomic E-state index is 0.162. The molecule has 0 bridgehead atoms. The predicted molar refractivity (Wildman–Crippen MR) is 88.9 cm³/mol. The lowest BCUT2D eigenvalue weighted by Gasteiger charge is -2.29. The smallest absolute Gasteiger partial charge is 0.172 e. The Morgan fingerprint density at radius 3 is 2.81 bits per heavy atom. The number of benzene rings is 1. The number of hydrogen-bond acceptors (Lipinski definition) is 4. The summed E-state index contributed by atoms with van der Waals surface area (Å²) in [5, 5.41) is 13.5. The topological polar surface area (TPSA) is 44.7 Å². The lowest BCUT2D eigenvalue weighted by Crippen LogP contribution is -2.40. The van der Waals surface area contributed by atoms with E-state index >= 15 is 0 Å². The quantitative estimate of drug-likeness (QED) is 0.821. The van der Waals surface area contributed by atoms with Crippen molar-refractivity contribution in [3.05, 3.63) is 22.2 Å². The van der Waals surface area contributed by atoms with Crippen LogP contribution in [0.3, 0.4) is 0 Å². The lowest BCUT2D eigenvalue weighted by atomic mass is 10.1. The summed E-state index contributed by atoms with van der Waals surface area (Å²) in [7, 11) is 1.58. The fourth-order valence-electron chi connectivity index (χ4n) is 2.76. The van der Waals surface area contributed by atoms with Gasteiger partial charge in [-0.15, -0.1) is 0 Å². The molecular formula is C16H25BrN2O2. The fraction of sp³-hybridized carbons (Fsp3) is 0.625. The van der Waals surface area contributed by atoms with E-state index in [2.05, 4.69) is 40.0 Å². The van der Waals surface area contributed by atoms with Crippen molar-refractivity contribution in [2.45, 2.75) is 45.3 Å². The summed E-state index contributed by atoms with van der Waals surface area (Å²) in [6.45, 7) is 7.49. The Morgan fingerprint density at radius 2 is 2.24 bits per heavy atom. The second-order valence-corrected chi connectivity index (χ2v) is 6.80. The Balaban J connectivity index is 2.10. The highest BCUT2D eigenvalue weighted by Crippen LogP contribution is 2.35. The van der Waals surface area contributed by atoms with Crippen molar-refractivity contribution < 1.29 is 9.84 Å². The van der Waals surface area contributed by atoms with Crippen LogP contribution in [0.4, 0.5) is 0 Å². The maximum absolute atomic E-state index is 9.90. The summed E-state index contributed by atoms with van der Waals surface area (Å²) in [4.78, 5) is 2.46. The number of aromatic hydroxyl groups is 1. The van der Waals surface area contributed by atoms with Gasteiger partial charge in [0.1, 0.15) is 0 Å². The van der Waals surface area contributed by atoms with Crippen LogP contribution in [-0.2, 0) is 6.54 Å². The average molecular weight is 357 g/mol. The van der Waals surface area contributed by atoms with Gasteiger partial charge in [0, 0.05) is 25.2 Å². The highest BCUT2D eigenvalue weighted by molar-refractivity contribution is 9.10. The summed E-state index contributed by atoms with van der Waals surface area (Å²) in [6, 6.07) is 4.95. The van der Waals surface area contributed by atoms with Gasteiger partial charge in [0.15, 0.2) is 11.5 Å². The van der Waals surface area contributed by atoms with Crippen LogP contribution in [0.2, 0.25) is 0 Å². The van der Waals surface area contributed by atoms with Crippen LogP contribution in [-0.4, -0.2) is 42.3 Å². The minimum atomic E-state index is 0.162. The maximum Gasteiger partial charge on any atom is 0.172 e. The van der Waals surface area contributed by atoms with Gasteiger partial charge in [0.25, 0.3) is 0 Å². The first-order valence-electron chi connectivity index (χ1n) is 7.54. The summed E-state index contributed by atoms with van der Waals surface area (Å²) in [5.41, 5.74) is 1.14. The second-order valence-electron chi connectivity index (χ2n) is 5.94. The van der Waals surface area contributed by atoms with Crippen LogP contribution in [0.1, 0.15) is 32.3 Å². The molecule has 1 heterocycles. The van der Waals surface area contributed by atoms with Crippen molar-refractivity contribution in [1.82, 2.24) is 10.2 Å². The van der Waals surface area contributed by atoms with Crippen molar-refractivity contribution in [3.63, 3.8) is 0 Å². The second kappa shape index (κ2) is 7.47. The molecule has 0 aromatic heterocycles. The van der Waals surface area contributed by atoms with Crippen LogP contribution < -0.4 is 10.1 Å². The van der Waals surface area contributed by atoms with Crippen LogP contribution in [0, 0.1) is 0 Å². The largest absolute Gasteiger partial charge is 0.503 e. The first kappa shape index (κ1) is 16.6. The van der Waals surface area contributed by atoms with Gasteiger partial charge in [0.05, 0.1) is 11.6 Å². The molecule has 1 unspecified atom stereocenters. The molecule has 1 saturated heterocycles. The Labute approximate surface area is 135 Å². The molecule has 0 saturated carbocycles. The monoisotopic (exact) mass is 356 g/mol. The molecule has 2 rings (SSSR count). The van der Waals surface area contributed by atoms with Gasteiger partial charge < -0.3 is 15.2 Å². The molecule has 2 N–H and O–H groups in total. The van der Waals surface area contributed by atoms with Crippen LogP contribution in [0.15, 0.2) is 16.6 Å². The zero-order chi connectivity index (χ0) is 15.4. The zero-order valence-corrected chi connectivity index (χ0v) is 14.6. The Hall–Kier alpha value is -0.780. The van der Waals surface area contributed by atoms with E-state index in [1.54, 1.807) is 7.11 Å². The lowest BCUT2D eigenvalue weighted by molar-refractivity contribution is 0.193. The Morgan fingerprint density at radius 1 is 1.48 bits per heavy atom. The zero-order valence-electron chi connectivity index (χ0n) is 13.0. The molecule has 1 aliphatic rings. The third kappa shape index (κ3) is 4.34. The van der Waals surface area contributed by atoms with Crippen LogP contribution in [0.25, 0.3) is 0 Å². The van der Waals surface area contributed by atoms with Gasteiger partial charge in [-0.2, -0.15) is 0 Å². The molecular weight excluding hydrogens is 332 g/mol. The van der Waals surface area contributed by atoms with E-state index in [1.807, 2.05) is 12.1 Å². The van der Waals surface area contributed by atoms with E-state index in [9.17, 15) is 5.11 Å². The first-order chi connectivity index (χ1) is 10.0. The van der Waals surface area contributed by atoms with E-state index in [0.29, 0.717) is 22.3 Å². The molecule has 0 radical (unpaired) electrons. The molecule has 1 aliphatic heterocycles. The fourth-order valence-corrected chi connectivity index (χ4v) is 3.25. The Bertz CT molecular complexity index is 474. The third-order valence-corrected chi connectivity index (χ3v) is 4.65. The number of ether oxygens (including phenoxy) is 1. The van der Waals surface area contributed by atoms with E-state index in [4.69, 9.17) is 4.74 Å². The molecule has 1 aromatic rings. The van der Waals surface area contributed by atoms with Crippen molar-refractivity contribution >= 4 is 15.9 Å². The normalized spacial score (nSPS) is 18.7. The molecule has 1 fully saturated rings. The SMILES string of the molecule is COc1cc(CN(CC2CCCN2)C(C)C)cc(Br)c1O.